The molecular weight excluding hydrogens is 344 g/mol. The van der Waals surface area contributed by atoms with Crippen LogP contribution in [0.1, 0.15) is 30.9 Å². The molecule has 0 aliphatic carbocycles. The second kappa shape index (κ2) is 8.90. The van der Waals surface area contributed by atoms with Gasteiger partial charge < -0.3 is 10.1 Å². The summed E-state index contributed by atoms with van der Waals surface area (Å²) in [5.74, 6) is 0.839. The third-order valence-corrected chi connectivity index (χ3v) is 5.42. The fourth-order valence-electron chi connectivity index (χ4n) is 2.80. The minimum absolute atomic E-state index is 0.0177. The fourth-order valence-corrected chi connectivity index (χ4v) is 3.83. The van der Waals surface area contributed by atoms with E-state index < -0.39 is 0 Å². The number of nitrogens with one attached hydrogen (secondary N) is 1. The van der Waals surface area contributed by atoms with Crippen LogP contribution in [0.2, 0.25) is 0 Å². The van der Waals surface area contributed by atoms with Gasteiger partial charge in [-0.2, -0.15) is 0 Å². The summed E-state index contributed by atoms with van der Waals surface area (Å²) in [6, 6.07) is 16.1. The lowest BCUT2D eigenvalue weighted by Gasteiger charge is -2.06. The summed E-state index contributed by atoms with van der Waals surface area (Å²) < 4.78 is 5.17. The average molecular weight is 369 g/mol. The molecule has 5 heteroatoms. The highest BCUT2D eigenvalue weighted by Crippen LogP contribution is 2.26. The first-order valence-corrected chi connectivity index (χ1v) is 9.84. The number of methoxy groups -OCH3 is 1. The fraction of sp³-hybridized carbons (Fsp3) is 0.333. The van der Waals surface area contributed by atoms with Gasteiger partial charge in [-0.15, -0.1) is 0 Å². The number of aryl methyl sites for hydroxylation is 1. The summed E-state index contributed by atoms with van der Waals surface area (Å²) in [5, 5.41) is 3.42. The van der Waals surface area contributed by atoms with E-state index in [4.69, 9.17) is 4.74 Å². The van der Waals surface area contributed by atoms with Crippen molar-refractivity contribution in [1.29, 1.82) is 0 Å². The molecule has 1 heterocycles. The molecule has 4 nitrogen and oxygen atoms in total. The highest BCUT2D eigenvalue weighted by atomic mass is 32.2. The highest BCUT2D eigenvalue weighted by molar-refractivity contribution is 8.15. The van der Waals surface area contributed by atoms with Gasteiger partial charge in [0.25, 0.3) is 0 Å². The van der Waals surface area contributed by atoms with Crippen LogP contribution in [-0.2, 0) is 17.6 Å². The lowest BCUT2D eigenvalue weighted by molar-refractivity contribution is -0.118. The van der Waals surface area contributed by atoms with Gasteiger partial charge in [0.15, 0.2) is 5.17 Å². The molecule has 0 spiro atoms. The van der Waals surface area contributed by atoms with Crippen LogP contribution in [0.3, 0.4) is 0 Å². The van der Waals surface area contributed by atoms with Crippen LogP contribution in [0, 0.1) is 0 Å². The first kappa shape index (κ1) is 18.5. The third-order valence-electron chi connectivity index (χ3n) is 4.34. The van der Waals surface area contributed by atoms with E-state index in [1.807, 2.05) is 36.4 Å². The van der Waals surface area contributed by atoms with Gasteiger partial charge in [-0.3, -0.25) is 4.79 Å². The first-order valence-electron chi connectivity index (χ1n) is 8.96. The molecule has 0 aromatic heterocycles. The smallest absolute Gasteiger partial charge is 0.239 e. The molecule has 1 N–H and O–H groups in total. The number of rotatable bonds is 7. The topological polar surface area (TPSA) is 50.7 Å². The number of unbranched alkanes of at least 4 members (excludes halogenated alkanes) is 1. The summed E-state index contributed by atoms with van der Waals surface area (Å²) in [4.78, 5) is 16.8. The number of nitrogens with zero attached hydrogens (tertiary/aromatic N) is 1. The van der Waals surface area contributed by atoms with Crippen LogP contribution >= 0.6 is 11.8 Å². The van der Waals surface area contributed by atoms with Crippen LogP contribution in [0.5, 0.6) is 5.75 Å². The normalized spacial score (nSPS) is 18.2. The molecule has 2 aromatic rings. The quantitative estimate of drug-likeness (QED) is 0.783. The van der Waals surface area contributed by atoms with Gasteiger partial charge in [0.2, 0.25) is 5.91 Å². The lowest BCUT2D eigenvalue weighted by atomic mass is 10.1. The zero-order valence-corrected chi connectivity index (χ0v) is 16.0. The molecule has 1 fully saturated rings. The van der Waals surface area contributed by atoms with Crippen molar-refractivity contribution in [2.75, 3.05) is 7.11 Å². The van der Waals surface area contributed by atoms with E-state index in [2.05, 4.69) is 29.4 Å². The van der Waals surface area contributed by atoms with Crippen molar-refractivity contribution in [1.82, 2.24) is 5.32 Å². The van der Waals surface area contributed by atoms with E-state index in [9.17, 15) is 4.79 Å². The predicted octanol–water partition coefficient (Wildman–Crippen LogP) is 4.50. The number of amidine groups is 1. The Labute approximate surface area is 159 Å². The van der Waals surface area contributed by atoms with Gasteiger partial charge in [0.05, 0.1) is 18.0 Å². The molecular formula is C21H24N2O2S. The summed E-state index contributed by atoms with van der Waals surface area (Å²) >= 11 is 1.49. The Morgan fingerprint density at radius 2 is 1.77 bits per heavy atom. The van der Waals surface area contributed by atoms with Gasteiger partial charge in [-0.05, 0) is 54.7 Å². The molecule has 0 unspecified atom stereocenters. The molecule has 0 radical (unpaired) electrons. The van der Waals surface area contributed by atoms with Crippen molar-refractivity contribution < 1.29 is 9.53 Å². The molecule has 136 valence electrons. The molecule has 3 rings (SSSR count). The molecule has 1 saturated heterocycles. The number of aliphatic imine (C=N–C) groups is 1. The number of carbonyl (C=O) groups is 1. The van der Waals surface area contributed by atoms with E-state index >= 15 is 0 Å². The van der Waals surface area contributed by atoms with E-state index in [0.717, 1.165) is 23.4 Å². The van der Waals surface area contributed by atoms with Crippen LogP contribution in [0.4, 0.5) is 5.69 Å². The Balaban J connectivity index is 1.61. The van der Waals surface area contributed by atoms with Gasteiger partial charge >= 0.3 is 0 Å². The Morgan fingerprint density at radius 3 is 2.42 bits per heavy atom. The van der Waals surface area contributed by atoms with Gasteiger partial charge in [0.1, 0.15) is 5.75 Å². The van der Waals surface area contributed by atoms with Crippen molar-refractivity contribution >= 4 is 28.5 Å². The average Bonchev–Trinajstić information content (AvgIpc) is 3.00. The van der Waals surface area contributed by atoms with E-state index in [-0.39, 0.29) is 11.2 Å². The second-order valence-electron chi connectivity index (χ2n) is 6.33. The zero-order chi connectivity index (χ0) is 18.4. The second-order valence-corrected chi connectivity index (χ2v) is 7.53. The van der Waals surface area contributed by atoms with Crippen molar-refractivity contribution in [3.8, 4) is 5.75 Å². The van der Waals surface area contributed by atoms with E-state index in [1.54, 1.807) is 7.11 Å². The van der Waals surface area contributed by atoms with Gasteiger partial charge in [-0.25, -0.2) is 4.99 Å². The minimum Gasteiger partial charge on any atom is -0.497 e. The number of ether oxygens (including phenoxy) is 1. The Kier molecular flexibility index (Phi) is 6.34. The molecule has 2 aromatic carbocycles. The highest BCUT2D eigenvalue weighted by Gasteiger charge is 2.30. The summed E-state index contributed by atoms with van der Waals surface area (Å²) in [7, 11) is 1.65. The maximum atomic E-state index is 12.2. The maximum absolute atomic E-state index is 12.2. The number of benzene rings is 2. The van der Waals surface area contributed by atoms with Crippen LogP contribution < -0.4 is 10.1 Å². The number of thioether (sulfide) groups is 1. The largest absolute Gasteiger partial charge is 0.497 e. The van der Waals surface area contributed by atoms with Gasteiger partial charge in [0, 0.05) is 0 Å². The number of carbonyl (C=O) groups excluding carboxylic acids is 1. The van der Waals surface area contributed by atoms with Crippen LogP contribution in [-0.4, -0.2) is 23.4 Å². The van der Waals surface area contributed by atoms with Crippen molar-refractivity contribution in [2.24, 2.45) is 4.99 Å². The Hall–Kier alpha value is -2.27. The molecule has 1 aliphatic heterocycles. The third kappa shape index (κ3) is 4.88. The van der Waals surface area contributed by atoms with Crippen molar-refractivity contribution in [2.45, 2.75) is 37.9 Å². The molecule has 1 atom stereocenters. The number of hydrogen-bond acceptors (Lipinski definition) is 4. The first-order chi connectivity index (χ1) is 12.7. The van der Waals surface area contributed by atoms with Crippen molar-refractivity contribution in [3.05, 3.63) is 59.7 Å². The maximum Gasteiger partial charge on any atom is 0.239 e. The molecule has 1 aliphatic rings. The van der Waals surface area contributed by atoms with Crippen LogP contribution in [0.15, 0.2) is 53.5 Å². The molecule has 0 saturated carbocycles. The standard InChI is InChI=1S/C21H24N2O2S/c1-3-4-5-15-6-10-17(11-7-15)22-21-23-20(24)19(26-21)14-16-8-12-18(25-2)13-9-16/h6-13,19H,3-5,14H2,1-2H3,(H,22,23,24)/t19-/m0/s1. The zero-order valence-electron chi connectivity index (χ0n) is 15.2. The molecule has 26 heavy (non-hydrogen) atoms. The van der Waals surface area contributed by atoms with E-state index in [1.165, 1.54) is 30.2 Å². The number of hydrogen-bond donors (Lipinski definition) is 1. The van der Waals surface area contributed by atoms with Crippen molar-refractivity contribution in [3.63, 3.8) is 0 Å². The summed E-state index contributed by atoms with van der Waals surface area (Å²) in [6.45, 7) is 2.20. The monoisotopic (exact) mass is 368 g/mol. The number of amides is 1. The minimum atomic E-state index is -0.147. The predicted molar refractivity (Wildman–Crippen MR) is 108 cm³/mol. The lowest BCUT2D eigenvalue weighted by Crippen LogP contribution is -2.25. The molecule has 0 bridgehead atoms. The Morgan fingerprint density at radius 1 is 1.08 bits per heavy atom. The SMILES string of the molecule is CCCCc1ccc(N=C2NC(=O)[C@H](Cc3ccc(OC)cc3)S2)cc1. The summed E-state index contributed by atoms with van der Waals surface area (Å²) in [5.41, 5.74) is 3.31. The Bertz CT molecular complexity index is 770. The van der Waals surface area contributed by atoms with E-state index in [0.29, 0.717) is 11.6 Å². The molecule has 1 amide bonds. The van der Waals surface area contributed by atoms with Gasteiger partial charge in [-0.1, -0.05) is 49.4 Å². The van der Waals surface area contributed by atoms with Crippen LogP contribution in [0.25, 0.3) is 0 Å². The summed E-state index contributed by atoms with van der Waals surface area (Å²) in [6.07, 6.45) is 4.17.